The number of nitrogens with one attached hydrogen (secondary N) is 2. The van der Waals surface area contributed by atoms with Crippen molar-refractivity contribution in [3.8, 4) is 0 Å². The van der Waals surface area contributed by atoms with Crippen molar-refractivity contribution in [2.75, 3.05) is 64.2 Å². The molecule has 0 fully saturated rings. The van der Waals surface area contributed by atoms with E-state index in [4.69, 9.17) is 14.2 Å². The van der Waals surface area contributed by atoms with Gasteiger partial charge >= 0.3 is 6.16 Å². The maximum Gasteiger partial charge on any atom is 0.508 e. The van der Waals surface area contributed by atoms with E-state index in [0.717, 1.165) is 103 Å². The molecule has 0 bridgehead atoms. The number of aldehydes is 1. The summed E-state index contributed by atoms with van der Waals surface area (Å²) in [7, 11) is 3.54. The Kier molecular flexibility index (Phi) is 41.8. The molecule has 0 saturated heterocycles. The minimum Gasteiger partial charge on any atom is -0.434 e. The number of ether oxygens (including phenoxy) is 3. The third kappa shape index (κ3) is 33.9. The third-order valence-electron chi connectivity index (χ3n) is 11.3. The van der Waals surface area contributed by atoms with Crippen LogP contribution in [0.25, 0.3) is 0 Å². The van der Waals surface area contributed by atoms with Crippen molar-refractivity contribution >= 4 is 23.8 Å². The number of hydrogen-bond acceptors (Lipinski definition) is 10. The molecule has 0 heterocycles. The van der Waals surface area contributed by atoms with Crippen LogP contribution in [0.15, 0.2) is 9.59 Å². The van der Waals surface area contributed by atoms with Crippen LogP contribution >= 0.6 is 0 Å². The molecular weight excluding hydrogens is 743 g/mol. The van der Waals surface area contributed by atoms with E-state index in [1.807, 2.05) is 7.11 Å². The lowest BCUT2D eigenvalue weighted by Gasteiger charge is -2.23. The molecule has 2 N–H and O–H groups in total. The standard InChI is InChI=1S/C31H55N3O6.C18H38O/c1-3-4-5-6-12-17-25-39-31(38)40-26-18-13-10-15-22-34(21-14-9-7-8-11-16-24-35)23-19-20-33-28-27(32-2)29(36)30(28)37;1-4-6-8-10-12-14-16-18(19-3)17-15-13-11-9-7-5-2/h24,32-33H,3-23,25-26H2,1-2H3;18H,4-17H2,1-3H3. The number of rotatable bonds is 43. The first-order chi connectivity index (χ1) is 28.9. The predicted molar refractivity (Wildman–Crippen MR) is 250 cm³/mol. The molecule has 10 nitrogen and oxygen atoms in total. The topological polar surface area (TPSA) is 123 Å². The second-order valence-electron chi connectivity index (χ2n) is 16.6. The zero-order valence-corrected chi connectivity index (χ0v) is 39.1. The Hall–Kier alpha value is -2.46. The Bertz CT molecular complexity index is 1120. The summed E-state index contributed by atoms with van der Waals surface area (Å²) in [5.74, 6) is 0. The smallest absolute Gasteiger partial charge is 0.434 e. The molecule has 1 rings (SSSR count). The van der Waals surface area contributed by atoms with Gasteiger partial charge < -0.3 is 34.5 Å². The van der Waals surface area contributed by atoms with Gasteiger partial charge in [-0.2, -0.15) is 0 Å². The van der Waals surface area contributed by atoms with E-state index in [0.29, 0.717) is 43.7 Å². The lowest BCUT2D eigenvalue weighted by Crippen LogP contribution is -2.37. The minimum atomic E-state index is -0.551. The van der Waals surface area contributed by atoms with E-state index in [1.54, 1.807) is 7.05 Å². The molecule has 346 valence electrons. The maximum absolute atomic E-state index is 11.7. The van der Waals surface area contributed by atoms with Gasteiger partial charge in [0.1, 0.15) is 17.7 Å². The zero-order valence-electron chi connectivity index (χ0n) is 39.1. The van der Waals surface area contributed by atoms with Gasteiger partial charge in [-0.3, -0.25) is 9.59 Å². The lowest BCUT2D eigenvalue weighted by atomic mass is 10.0. The largest absolute Gasteiger partial charge is 0.508 e. The first-order valence-electron chi connectivity index (χ1n) is 24.6. The Morgan fingerprint density at radius 3 is 1.42 bits per heavy atom. The highest BCUT2D eigenvalue weighted by Gasteiger charge is 2.19. The van der Waals surface area contributed by atoms with Gasteiger partial charge in [-0.1, -0.05) is 162 Å². The molecule has 0 atom stereocenters. The molecule has 59 heavy (non-hydrogen) atoms. The highest BCUT2D eigenvalue weighted by atomic mass is 16.7. The van der Waals surface area contributed by atoms with Crippen molar-refractivity contribution in [3.05, 3.63) is 20.4 Å². The Labute approximate surface area is 362 Å². The normalized spacial score (nSPS) is 11.2. The van der Waals surface area contributed by atoms with E-state index in [1.165, 1.54) is 116 Å². The maximum atomic E-state index is 11.7. The number of carbonyl (C=O) groups excluding carboxylic acids is 2. The number of nitrogens with zero attached hydrogens (tertiary/aromatic N) is 1. The second-order valence-corrected chi connectivity index (χ2v) is 16.6. The van der Waals surface area contributed by atoms with Gasteiger partial charge in [-0.05, 0) is 71.0 Å². The summed E-state index contributed by atoms with van der Waals surface area (Å²) in [6.45, 7) is 11.2. The highest BCUT2D eigenvalue weighted by molar-refractivity contribution is 5.73. The van der Waals surface area contributed by atoms with Gasteiger partial charge in [0.15, 0.2) is 0 Å². The predicted octanol–water partition coefficient (Wildman–Crippen LogP) is 12.5. The Morgan fingerprint density at radius 2 is 0.966 bits per heavy atom. The number of carbonyl (C=O) groups is 2. The molecule has 1 aromatic carbocycles. The lowest BCUT2D eigenvalue weighted by molar-refractivity contribution is -0.107. The van der Waals surface area contributed by atoms with E-state index < -0.39 is 17.0 Å². The molecule has 0 aliphatic rings. The van der Waals surface area contributed by atoms with Crippen molar-refractivity contribution < 1.29 is 23.8 Å². The monoisotopic (exact) mass is 836 g/mol. The van der Waals surface area contributed by atoms with Gasteiger partial charge in [0.05, 0.1) is 19.3 Å². The van der Waals surface area contributed by atoms with E-state index in [2.05, 4.69) is 36.3 Å². The van der Waals surface area contributed by atoms with Gasteiger partial charge in [-0.25, -0.2) is 4.79 Å². The summed E-state index contributed by atoms with van der Waals surface area (Å²) in [6.07, 6.45) is 38.2. The fourth-order valence-corrected chi connectivity index (χ4v) is 7.45. The summed E-state index contributed by atoms with van der Waals surface area (Å²) < 4.78 is 15.9. The summed E-state index contributed by atoms with van der Waals surface area (Å²) in [6, 6.07) is 0. The summed E-state index contributed by atoms with van der Waals surface area (Å²) >= 11 is 0. The van der Waals surface area contributed by atoms with Crippen molar-refractivity contribution in [1.29, 1.82) is 0 Å². The van der Waals surface area contributed by atoms with Crippen LogP contribution in [0.4, 0.5) is 16.2 Å². The molecule has 0 aliphatic carbocycles. The summed E-state index contributed by atoms with van der Waals surface area (Å²) in [5, 5.41) is 5.91. The van der Waals surface area contributed by atoms with Crippen LogP contribution in [-0.2, 0) is 19.0 Å². The van der Waals surface area contributed by atoms with E-state index in [-0.39, 0.29) is 0 Å². The summed E-state index contributed by atoms with van der Waals surface area (Å²) in [4.78, 5) is 47.9. The van der Waals surface area contributed by atoms with Crippen molar-refractivity contribution in [1.82, 2.24) is 4.90 Å². The molecule has 1 aromatic rings. The fourth-order valence-electron chi connectivity index (χ4n) is 7.45. The van der Waals surface area contributed by atoms with Crippen LogP contribution in [0.2, 0.25) is 0 Å². The average molecular weight is 836 g/mol. The van der Waals surface area contributed by atoms with Crippen LogP contribution in [0.1, 0.15) is 220 Å². The quantitative estimate of drug-likeness (QED) is 0.0284. The van der Waals surface area contributed by atoms with E-state index >= 15 is 0 Å². The number of unbranched alkanes of at least 4 members (excludes halogenated alkanes) is 23. The number of methoxy groups -OCH3 is 1. The van der Waals surface area contributed by atoms with Crippen LogP contribution in [0.5, 0.6) is 0 Å². The molecule has 10 heteroatoms. The molecule has 0 radical (unpaired) electrons. The molecule has 0 aromatic heterocycles. The Balaban J connectivity index is 0.00000148. The van der Waals surface area contributed by atoms with Gasteiger partial charge in [-0.15, -0.1) is 0 Å². The number of anilines is 2. The Morgan fingerprint density at radius 1 is 0.559 bits per heavy atom. The highest BCUT2D eigenvalue weighted by Crippen LogP contribution is 2.17. The first kappa shape index (κ1) is 56.5. The second kappa shape index (κ2) is 43.6. The van der Waals surface area contributed by atoms with Gasteiger partial charge in [0.2, 0.25) is 0 Å². The molecule has 0 aliphatic heterocycles. The zero-order chi connectivity index (χ0) is 43.4. The molecule has 0 saturated carbocycles. The van der Waals surface area contributed by atoms with Crippen LogP contribution in [0.3, 0.4) is 0 Å². The number of hydrogen-bond donors (Lipinski definition) is 2. The molecule has 0 unspecified atom stereocenters. The fraction of sp³-hybridized carbons (Fsp3) is 0.878. The van der Waals surface area contributed by atoms with Crippen LogP contribution in [0, 0.1) is 0 Å². The van der Waals surface area contributed by atoms with Crippen molar-refractivity contribution in [3.63, 3.8) is 0 Å². The van der Waals surface area contributed by atoms with Crippen molar-refractivity contribution in [2.24, 2.45) is 0 Å². The van der Waals surface area contributed by atoms with Crippen molar-refractivity contribution in [2.45, 2.75) is 226 Å². The van der Waals surface area contributed by atoms with E-state index in [9.17, 15) is 19.2 Å². The first-order valence-corrected chi connectivity index (χ1v) is 24.6. The summed E-state index contributed by atoms with van der Waals surface area (Å²) in [5.41, 5.74) is -0.101. The minimum absolute atomic E-state index is 0.381. The SMILES string of the molecule is CCCCCCCCC(CCCCCCCC)OC.CCCCCCCCOC(=O)OCCCCCCN(CCCCCCCC=O)CCCNc1c(NC)c(=O)c1=O. The van der Waals surface area contributed by atoms with Gasteiger partial charge in [0.25, 0.3) is 10.9 Å². The average Bonchev–Trinajstić information content (AvgIpc) is 3.24. The molecular formula is C49H93N3O7. The molecule has 0 spiro atoms. The van der Waals surface area contributed by atoms with Gasteiger partial charge in [0, 0.05) is 27.1 Å². The molecule has 0 amide bonds. The van der Waals surface area contributed by atoms with Crippen LogP contribution in [-0.4, -0.2) is 77.0 Å². The third-order valence-corrected chi connectivity index (χ3v) is 11.3. The van der Waals surface area contributed by atoms with Crippen LogP contribution < -0.4 is 21.5 Å².